The zero-order valence-electron chi connectivity index (χ0n) is 18.8. The number of hydrogen-bond acceptors (Lipinski definition) is 4. The number of amides is 2. The fraction of sp³-hybridized carbons (Fsp3) is 0.400. The minimum atomic E-state index is -4.34. The second-order valence-corrected chi connectivity index (χ2v) is 8.76. The van der Waals surface area contributed by atoms with Crippen molar-refractivity contribution in [3.05, 3.63) is 59.7 Å². The van der Waals surface area contributed by atoms with Crippen molar-refractivity contribution < 1.29 is 37.4 Å². The second kappa shape index (κ2) is 9.97. The Hall–Kier alpha value is -3.56. The van der Waals surface area contributed by atoms with Crippen LogP contribution in [0.25, 0.3) is 11.1 Å². The lowest BCUT2D eigenvalue weighted by molar-refractivity contribution is -0.186. The molecular formula is C25H25F3N2O5. The topological polar surface area (TPSA) is 95.9 Å². The fourth-order valence-corrected chi connectivity index (χ4v) is 4.80. The Morgan fingerprint density at radius 1 is 1.00 bits per heavy atom. The number of likely N-dealkylation sites (tertiary alicyclic amines) is 1. The molecule has 0 radical (unpaired) electrons. The Bertz CT molecular complexity index is 1070. The number of alkyl halides is 3. The average molecular weight is 490 g/mol. The number of hydrogen-bond donors (Lipinski definition) is 2. The monoisotopic (exact) mass is 490 g/mol. The van der Waals surface area contributed by atoms with Gasteiger partial charge >= 0.3 is 18.2 Å². The van der Waals surface area contributed by atoms with Crippen LogP contribution in [0.5, 0.6) is 0 Å². The number of carbonyl (C=O) groups excluding carboxylic acids is 2. The van der Waals surface area contributed by atoms with Crippen molar-refractivity contribution in [3.63, 3.8) is 0 Å². The van der Waals surface area contributed by atoms with E-state index in [2.05, 4.69) is 5.32 Å². The summed E-state index contributed by atoms with van der Waals surface area (Å²) >= 11 is 0. The van der Waals surface area contributed by atoms with Crippen LogP contribution in [-0.4, -0.2) is 59.9 Å². The van der Waals surface area contributed by atoms with Crippen LogP contribution in [0, 0.1) is 5.92 Å². The van der Waals surface area contributed by atoms with Gasteiger partial charge in [-0.1, -0.05) is 48.5 Å². The van der Waals surface area contributed by atoms with E-state index in [9.17, 15) is 32.7 Å². The lowest BCUT2D eigenvalue weighted by Gasteiger charge is -2.34. The predicted molar refractivity (Wildman–Crippen MR) is 120 cm³/mol. The van der Waals surface area contributed by atoms with Crippen molar-refractivity contribution in [2.45, 2.75) is 37.4 Å². The van der Waals surface area contributed by atoms with E-state index < -0.39 is 42.5 Å². The molecule has 35 heavy (non-hydrogen) atoms. The summed E-state index contributed by atoms with van der Waals surface area (Å²) in [5.74, 6) is -3.78. The maximum absolute atomic E-state index is 12.9. The SMILES string of the molecule is O=C(O)CC(NC(=O)OCC1c2ccccc2-c2ccccc21)C(=O)N1CCC(C(F)(F)F)CC1. The average Bonchev–Trinajstić information content (AvgIpc) is 3.15. The Morgan fingerprint density at radius 2 is 1.54 bits per heavy atom. The summed E-state index contributed by atoms with van der Waals surface area (Å²) in [6, 6.07) is 14.0. The minimum absolute atomic E-state index is 0.0230. The first-order chi connectivity index (χ1) is 16.6. The molecule has 10 heteroatoms. The standard InChI is InChI=1S/C25H25F3N2O5/c26-25(27,28)15-9-11-30(12-10-15)23(33)21(13-22(31)32)29-24(34)35-14-20-18-7-3-1-5-16(18)17-6-2-4-8-19(17)20/h1-8,15,20-21H,9-14H2,(H,29,34)(H,31,32). The van der Waals surface area contributed by atoms with Gasteiger partial charge in [-0.25, -0.2) is 4.79 Å². The number of nitrogens with one attached hydrogen (secondary N) is 1. The molecule has 7 nitrogen and oxygen atoms in total. The molecule has 1 unspecified atom stereocenters. The third-order valence-corrected chi connectivity index (χ3v) is 6.58. The molecule has 0 saturated carbocycles. The number of alkyl carbamates (subject to hydrolysis) is 1. The fourth-order valence-electron chi connectivity index (χ4n) is 4.80. The molecule has 2 aromatic rings. The second-order valence-electron chi connectivity index (χ2n) is 8.76. The molecule has 1 heterocycles. The van der Waals surface area contributed by atoms with E-state index in [1.54, 1.807) is 0 Å². The van der Waals surface area contributed by atoms with Gasteiger partial charge in [-0.2, -0.15) is 13.2 Å². The molecular weight excluding hydrogens is 465 g/mol. The molecule has 1 aliphatic carbocycles. The van der Waals surface area contributed by atoms with Gasteiger partial charge in [-0.15, -0.1) is 0 Å². The summed E-state index contributed by atoms with van der Waals surface area (Å²) < 4.78 is 44.1. The van der Waals surface area contributed by atoms with Gasteiger partial charge in [-0.05, 0) is 35.1 Å². The Labute approximate surface area is 199 Å². The van der Waals surface area contributed by atoms with E-state index in [0.717, 1.165) is 22.3 Å². The molecule has 1 fully saturated rings. The maximum Gasteiger partial charge on any atom is 0.407 e. The predicted octanol–water partition coefficient (Wildman–Crippen LogP) is 4.17. The third-order valence-electron chi connectivity index (χ3n) is 6.58. The van der Waals surface area contributed by atoms with Crippen LogP contribution >= 0.6 is 0 Å². The van der Waals surface area contributed by atoms with Gasteiger partial charge in [0.25, 0.3) is 0 Å². The third kappa shape index (κ3) is 5.41. The van der Waals surface area contributed by atoms with E-state index in [4.69, 9.17) is 4.74 Å². The molecule has 0 aromatic heterocycles. The Balaban J connectivity index is 1.39. The van der Waals surface area contributed by atoms with E-state index in [1.807, 2.05) is 48.5 Å². The highest BCUT2D eigenvalue weighted by Gasteiger charge is 2.42. The molecule has 4 rings (SSSR count). The van der Waals surface area contributed by atoms with Gasteiger partial charge in [0.05, 0.1) is 12.3 Å². The maximum atomic E-state index is 12.9. The lowest BCUT2D eigenvalue weighted by Crippen LogP contribution is -2.52. The van der Waals surface area contributed by atoms with Crippen molar-refractivity contribution in [2.75, 3.05) is 19.7 Å². The number of piperidine rings is 1. The van der Waals surface area contributed by atoms with Gasteiger partial charge in [0.2, 0.25) is 5.91 Å². The van der Waals surface area contributed by atoms with Crippen molar-refractivity contribution >= 4 is 18.0 Å². The molecule has 1 saturated heterocycles. The molecule has 2 aromatic carbocycles. The smallest absolute Gasteiger partial charge is 0.407 e. The molecule has 1 atom stereocenters. The summed E-state index contributed by atoms with van der Waals surface area (Å²) in [7, 11) is 0. The Kier molecular flexibility index (Phi) is 7.00. The number of halogens is 3. The van der Waals surface area contributed by atoms with Gasteiger partial charge in [0.1, 0.15) is 12.6 Å². The number of benzene rings is 2. The molecule has 2 amide bonds. The number of aliphatic carboxylic acids is 1. The Morgan fingerprint density at radius 3 is 2.06 bits per heavy atom. The van der Waals surface area contributed by atoms with Crippen LogP contribution < -0.4 is 5.32 Å². The van der Waals surface area contributed by atoms with Gasteiger partial charge in [0.15, 0.2) is 0 Å². The highest BCUT2D eigenvalue weighted by Crippen LogP contribution is 2.44. The summed E-state index contributed by atoms with van der Waals surface area (Å²) in [4.78, 5) is 37.8. The number of carboxylic acid groups (broad SMARTS) is 1. The number of carboxylic acids is 1. The lowest BCUT2D eigenvalue weighted by atomic mass is 9.95. The first-order valence-corrected chi connectivity index (χ1v) is 11.3. The zero-order valence-corrected chi connectivity index (χ0v) is 18.8. The van der Waals surface area contributed by atoms with Crippen LogP contribution in [0.1, 0.15) is 36.3 Å². The van der Waals surface area contributed by atoms with E-state index in [1.165, 1.54) is 4.90 Å². The first-order valence-electron chi connectivity index (χ1n) is 11.3. The number of carbonyl (C=O) groups is 3. The summed E-state index contributed by atoms with van der Waals surface area (Å²) in [5, 5.41) is 11.5. The molecule has 1 aliphatic heterocycles. The van der Waals surface area contributed by atoms with Crippen LogP contribution in [0.15, 0.2) is 48.5 Å². The van der Waals surface area contributed by atoms with Crippen molar-refractivity contribution in [1.82, 2.24) is 10.2 Å². The van der Waals surface area contributed by atoms with E-state index in [-0.39, 0.29) is 38.5 Å². The highest BCUT2D eigenvalue weighted by atomic mass is 19.4. The number of fused-ring (bicyclic) bond motifs is 3. The van der Waals surface area contributed by atoms with Gasteiger partial charge < -0.3 is 20.1 Å². The largest absolute Gasteiger partial charge is 0.481 e. The normalized spacial score (nSPS) is 16.8. The summed E-state index contributed by atoms with van der Waals surface area (Å²) in [6.07, 6.45) is -6.53. The van der Waals surface area contributed by atoms with Crippen LogP contribution in [0.2, 0.25) is 0 Å². The molecule has 186 valence electrons. The molecule has 2 N–H and O–H groups in total. The van der Waals surface area contributed by atoms with Gasteiger partial charge in [0, 0.05) is 19.0 Å². The molecule has 0 spiro atoms. The molecule has 0 bridgehead atoms. The summed E-state index contributed by atoms with van der Waals surface area (Å²) in [5.41, 5.74) is 4.07. The van der Waals surface area contributed by atoms with Crippen molar-refractivity contribution in [1.29, 1.82) is 0 Å². The molecule has 2 aliphatic rings. The van der Waals surface area contributed by atoms with E-state index in [0.29, 0.717) is 0 Å². The van der Waals surface area contributed by atoms with Crippen molar-refractivity contribution in [2.24, 2.45) is 5.92 Å². The van der Waals surface area contributed by atoms with Crippen LogP contribution in [-0.2, 0) is 14.3 Å². The quantitative estimate of drug-likeness (QED) is 0.634. The first kappa shape index (κ1) is 24.6. The highest BCUT2D eigenvalue weighted by molar-refractivity contribution is 5.89. The van der Waals surface area contributed by atoms with Crippen LogP contribution in [0.4, 0.5) is 18.0 Å². The zero-order chi connectivity index (χ0) is 25.2. The van der Waals surface area contributed by atoms with Gasteiger partial charge in [-0.3, -0.25) is 9.59 Å². The number of ether oxygens (including phenoxy) is 1. The number of nitrogens with zero attached hydrogens (tertiary/aromatic N) is 1. The summed E-state index contributed by atoms with van der Waals surface area (Å²) in [6.45, 7) is -0.345. The minimum Gasteiger partial charge on any atom is -0.481 e. The van der Waals surface area contributed by atoms with E-state index >= 15 is 0 Å². The number of rotatable bonds is 6. The van der Waals surface area contributed by atoms with Crippen LogP contribution in [0.3, 0.4) is 0 Å². The van der Waals surface area contributed by atoms with Crippen molar-refractivity contribution in [3.8, 4) is 11.1 Å².